The van der Waals surface area contributed by atoms with Crippen LogP contribution in [0.5, 0.6) is 11.5 Å². The molecule has 5 heteroatoms. The highest BCUT2D eigenvalue weighted by atomic mass is 16.6. The van der Waals surface area contributed by atoms with Crippen molar-refractivity contribution in [3.05, 3.63) is 24.3 Å². The Morgan fingerprint density at radius 1 is 1.33 bits per heavy atom. The van der Waals surface area contributed by atoms with Crippen molar-refractivity contribution < 1.29 is 14.3 Å². The van der Waals surface area contributed by atoms with Gasteiger partial charge in [0.1, 0.15) is 11.5 Å². The van der Waals surface area contributed by atoms with E-state index in [0.717, 1.165) is 13.1 Å². The number of carbonyl (C=O) groups excluding carboxylic acids is 1. The van der Waals surface area contributed by atoms with Crippen LogP contribution < -0.4 is 14.8 Å². The van der Waals surface area contributed by atoms with Crippen molar-refractivity contribution in [3.8, 4) is 11.5 Å². The summed E-state index contributed by atoms with van der Waals surface area (Å²) in [5.74, 6) is 1.23. The molecule has 1 aliphatic rings. The molecular weight excluding hydrogens is 232 g/mol. The molecule has 0 spiro atoms. The first-order valence-electron chi connectivity index (χ1n) is 6.20. The fourth-order valence-electron chi connectivity index (χ4n) is 1.81. The average Bonchev–Trinajstić information content (AvgIpc) is 2.40. The SMILES string of the molecule is CCOc1cccc(OC(=O)N2CCNCC2)c1. The minimum Gasteiger partial charge on any atom is -0.494 e. The molecule has 18 heavy (non-hydrogen) atoms. The summed E-state index contributed by atoms with van der Waals surface area (Å²) < 4.78 is 10.7. The summed E-state index contributed by atoms with van der Waals surface area (Å²) in [6, 6.07) is 7.13. The molecule has 1 amide bonds. The van der Waals surface area contributed by atoms with Crippen molar-refractivity contribution in [2.75, 3.05) is 32.8 Å². The fourth-order valence-corrected chi connectivity index (χ4v) is 1.81. The second-order valence-electron chi connectivity index (χ2n) is 4.01. The van der Waals surface area contributed by atoms with Gasteiger partial charge < -0.3 is 19.7 Å². The molecule has 1 N–H and O–H groups in total. The number of benzene rings is 1. The Morgan fingerprint density at radius 3 is 2.78 bits per heavy atom. The minimum absolute atomic E-state index is 0.301. The lowest BCUT2D eigenvalue weighted by Crippen LogP contribution is -2.47. The zero-order valence-corrected chi connectivity index (χ0v) is 10.5. The molecule has 98 valence electrons. The zero-order valence-electron chi connectivity index (χ0n) is 10.5. The van der Waals surface area contributed by atoms with E-state index < -0.39 is 0 Å². The van der Waals surface area contributed by atoms with Crippen LogP contribution in [0.25, 0.3) is 0 Å². The Labute approximate surface area is 107 Å². The van der Waals surface area contributed by atoms with Gasteiger partial charge in [0.15, 0.2) is 0 Å². The lowest BCUT2D eigenvalue weighted by atomic mass is 10.3. The van der Waals surface area contributed by atoms with Crippen molar-refractivity contribution >= 4 is 6.09 Å². The van der Waals surface area contributed by atoms with Crippen LogP contribution in [0.4, 0.5) is 4.79 Å². The van der Waals surface area contributed by atoms with Crippen LogP contribution in [0, 0.1) is 0 Å². The van der Waals surface area contributed by atoms with E-state index in [4.69, 9.17) is 9.47 Å². The third-order valence-electron chi connectivity index (χ3n) is 2.70. The number of amides is 1. The lowest BCUT2D eigenvalue weighted by Gasteiger charge is -2.26. The van der Waals surface area contributed by atoms with Crippen LogP contribution in [0.1, 0.15) is 6.92 Å². The molecule has 1 aromatic rings. The monoisotopic (exact) mass is 250 g/mol. The third kappa shape index (κ3) is 3.37. The first-order valence-corrected chi connectivity index (χ1v) is 6.20. The van der Waals surface area contributed by atoms with Gasteiger partial charge in [0, 0.05) is 32.2 Å². The predicted octanol–water partition coefficient (Wildman–Crippen LogP) is 1.49. The Hall–Kier alpha value is -1.75. The zero-order chi connectivity index (χ0) is 12.8. The smallest absolute Gasteiger partial charge is 0.415 e. The molecule has 1 aliphatic heterocycles. The molecule has 1 heterocycles. The van der Waals surface area contributed by atoms with Crippen LogP contribution in [-0.2, 0) is 0 Å². The van der Waals surface area contributed by atoms with Crippen LogP contribution in [0.2, 0.25) is 0 Å². The standard InChI is InChI=1S/C13H18N2O3/c1-2-17-11-4-3-5-12(10-11)18-13(16)15-8-6-14-7-9-15/h3-5,10,14H,2,6-9H2,1H3. The van der Waals surface area contributed by atoms with Gasteiger partial charge in [-0.2, -0.15) is 0 Å². The van der Waals surface area contributed by atoms with Crippen molar-refractivity contribution in [2.45, 2.75) is 6.92 Å². The third-order valence-corrected chi connectivity index (χ3v) is 2.70. The topological polar surface area (TPSA) is 50.8 Å². The maximum absolute atomic E-state index is 11.9. The number of rotatable bonds is 3. The molecular formula is C13H18N2O3. The molecule has 0 aromatic heterocycles. The average molecular weight is 250 g/mol. The predicted molar refractivity (Wildman–Crippen MR) is 68.1 cm³/mol. The van der Waals surface area contributed by atoms with Crippen molar-refractivity contribution in [1.29, 1.82) is 0 Å². The first kappa shape index (κ1) is 12.7. The second kappa shape index (κ2) is 6.26. The van der Waals surface area contributed by atoms with Crippen LogP contribution in [-0.4, -0.2) is 43.8 Å². The highest BCUT2D eigenvalue weighted by Gasteiger charge is 2.18. The molecule has 0 unspecified atom stereocenters. The van der Waals surface area contributed by atoms with Gasteiger partial charge in [-0.05, 0) is 19.1 Å². The first-order chi connectivity index (χ1) is 8.79. The van der Waals surface area contributed by atoms with Gasteiger partial charge >= 0.3 is 6.09 Å². The molecule has 0 aliphatic carbocycles. The largest absolute Gasteiger partial charge is 0.494 e. The van der Waals surface area contributed by atoms with Gasteiger partial charge in [-0.25, -0.2) is 4.79 Å². The molecule has 5 nitrogen and oxygen atoms in total. The van der Waals surface area contributed by atoms with E-state index in [-0.39, 0.29) is 6.09 Å². The van der Waals surface area contributed by atoms with Crippen LogP contribution in [0.15, 0.2) is 24.3 Å². The number of piperazine rings is 1. The number of nitrogens with one attached hydrogen (secondary N) is 1. The molecule has 0 saturated carbocycles. The quantitative estimate of drug-likeness (QED) is 0.883. The number of carbonyl (C=O) groups is 1. The van der Waals surface area contributed by atoms with Crippen molar-refractivity contribution in [3.63, 3.8) is 0 Å². The van der Waals surface area contributed by atoms with E-state index in [1.165, 1.54) is 0 Å². The summed E-state index contributed by atoms with van der Waals surface area (Å²) in [4.78, 5) is 13.6. The Kier molecular flexibility index (Phi) is 4.41. The highest BCUT2D eigenvalue weighted by molar-refractivity contribution is 5.71. The van der Waals surface area contributed by atoms with Crippen molar-refractivity contribution in [1.82, 2.24) is 10.2 Å². The molecule has 1 aromatic carbocycles. The Morgan fingerprint density at radius 2 is 2.06 bits per heavy atom. The van der Waals surface area contributed by atoms with E-state index in [1.54, 1.807) is 17.0 Å². The van der Waals surface area contributed by atoms with Gasteiger partial charge in [0.05, 0.1) is 6.61 Å². The van der Waals surface area contributed by atoms with E-state index in [1.807, 2.05) is 19.1 Å². The van der Waals surface area contributed by atoms with E-state index in [9.17, 15) is 4.79 Å². The summed E-state index contributed by atoms with van der Waals surface area (Å²) in [5.41, 5.74) is 0. The normalized spacial score (nSPS) is 15.3. The molecule has 0 atom stereocenters. The summed E-state index contributed by atoms with van der Waals surface area (Å²) in [6.45, 7) is 5.50. The van der Waals surface area contributed by atoms with E-state index in [2.05, 4.69) is 5.32 Å². The van der Waals surface area contributed by atoms with E-state index >= 15 is 0 Å². The van der Waals surface area contributed by atoms with Crippen molar-refractivity contribution in [2.24, 2.45) is 0 Å². The summed E-state index contributed by atoms with van der Waals surface area (Å²) >= 11 is 0. The molecule has 2 rings (SSSR count). The van der Waals surface area contributed by atoms with Crippen LogP contribution in [0.3, 0.4) is 0 Å². The lowest BCUT2D eigenvalue weighted by molar-refractivity contribution is 0.145. The number of nitrogens with zero attached hydrogens (tertiary/aromatic N) is 1. The maximum Gasteiger partial charge on any atom is 0.415 e. The Balaban J connectivity index is 1.95. The van der Waals surface area contributed by atoms with Gasteiger partial charge in [-0.15, -0.1) is 0 Å². The number of ether oxygens (including phenoxy) is 2. The minimum atomic E-state index is -0.301. The molecule has 0 radical (unpaired) electrons. The fraction of sp³-hybridized carbons (Fsp3) is 0.462. The molecule has 1 saturated heterocycles. The molecule has 1 fully saturated rings. The highest BCUT2D eigenvalue weighted by Crippen LogP contribution is 2.20. The van der Waals surface area contributed by atoms with Gasteiger partial charge in [0.25, 0.3) is 0 Å². The maximum atomic E-state index is 11.9. The van der Waals surface area contributed by atoms with E-state index in [0.29, 0.717) is 31.2 Å². The van der Waals surface area contributed by atoms with Gasteiger partial charge in [-0.3, -0.25) is 0 Å². The molecule has 0 bridgehead atoms. The summed E-state index contributed by atoms with van der Waals surface area (Å²) in [5, 5.41) is 3.19. The number of hydrogen-bond acceptors (Lipinski definition) is 4. The summed E-state index contributed by atoms with van der Waals surface area (Å²) in [7, 11) is 0. The second-order valence-corrected chi connectivity index (χ2v) is 4.01. The summed E-state index contributed by atoms with van der Waals surface area (Å²) in [6.07, 6.45) is -0.301. The van der Waals surface area contributed by atoms with Gasteiger partial charge in [-0.1, -0.05) is 6.07 Å². The number of hydrogen-bond donors (Lipinski definition) is 1. The van der Waals surface area contributed by atoms with Crippen LogP contribution >= 0.6 is 0 Å². The van der Waals surface area contributed by atoms with Gasteiger partial charge in [0.2, 0.25) is 0 Å². The Bertz CT molecular complexity index is 403.